The van der Waals surface area contributed by atoms with Crippen LogP contribution >= 0.6 is 0 Å². The molecule has 5 nitrogen and oxygen atoms in total. The average molecular weight is 445 g/mol. The lowest BCUT2D eigenvalue weighted by atomic mass is 9.93. The quantitative estimate of drug-likeness (QED) is 0.300. The van der Waals surface area contributed by atoms with Gasteiger partial charge in [-0.25, -0.2) is 0 Å². The molecule has 5 heteroatoms. The summed E-state index contributed by atoms with van der Waals surface area (Å²) >= 11 is 0. The fraction of sp³-hybridized carbons (Fsp3) is 0.250. The van der Waals surface area contributed by atoms with E-state index in [4.69, 9.17) is 10.5 Å². The maximum atomic E-state index is 12.5. The summed E-state index contributed by atoms with van der Waals surface area (Å²) in [5.74, 6) is 0.451. The maximum Gasteiger partial charge on any atom is 0.248 e. The topological polar surface area (TPSA) is 84.6 Å². The fourth-order valence-electron chi connectivity index (χ4n) is 3.47. The number of hydrogen-bond acceptors (Lipinski definition) is 4. The molecule has 0 aliphatic carbocycles. The van der Waals surface area contributed by atoms with Crippen molar-refractivity contribution in [3.8, 4) is 5.75 Å². The van der Waals surface area contributed by atoms with E-state index in [-0.39, 0.29) is 5.91 Å². The van der Waals surface area contributed by atoms with E-state index in [1.807, 2.05) is 61.5 Å². The van der Waals surface area contributed by atoms with Gasteiger partial charge in [-0.3, -0.25) is 4.79 Å². The predicted molar refractivity (Wildman–Crippen MR) is 135 cm³/mol. The number of amides is 1. The van der Waals surface area contributed by atoms with Crippen LogP contribution in [0, 0.1) is 6.92 Å². The minimum absolute atomic E-state index is 0.277. The largest absolute Gasteiger partial charge is 0.488 e. The first-order valence-corrected chi connectivity index (χ1v) is 11.1. The van der Waals surface area contributed by atoms with Crippen LogP contribution in [-0.2, 0) is 17.8 Å². The molecule has 4 N–H and O–H groups in total. The molecule has 0 heterocycles. The Morgan fingerprint density at radius 1 is 1.06 bits per heavy atom. The Kier molecular flexibility index (Phi) is 7.91. The molecule has 0 fully saturated rings. The van der Waals surface area contributed by atoms with Crippen molar-refractivity contribution in [1.29, 1.82) is 0 Å². The van der Waals surface area contributed by atoms with E-state index < -0.39 is 5.60 Å². The van der Waals surface area contributed by atoms with Gasteiger partial charge in [-0.15, -0.1) is 0 Å². The summed E-state index contributed by atoms with van der Waals surface area (Å²) in [4.78, 5) is 12.5. The zero-order valence-electron chi connectivity index (χ0n) is 19.5. The molecule has 0 unspecified atom stereocenters. The predicted octanol–water partition coefficient (Wildman–Crippen LogP) is 5.51. The number of ether oxygens (including phenoxy) is 1. The van der Waals surface area contributed by atoms with Crippen molar-refractivity contribution in [3.05, 3.63) is 95.1 Å². The summed E-state index contributed by atoms with van der Waals surface area (Å²) < 4.78 is 6.29. The van der Waals surface area contributed by atoms with Crippen molar-refractivity contribution in [3.63, 3.8) is 0 Å². The molecule has 0 spiro atoms. The summed E-state index contributed by atoms with van der Waals surface area (Å²) in [5.41, 5.74) is 10.2. The van der Waals surface area contributed by atoms with Crippen LogP contribution in [-0.4, -0.2) is 16.6 Å². The third-order valence-electron chi connectivity index (χ3n) is 5.37. The van der Waals surface area contributed by atoms with Gasteiger partial charge < -0.3 is 20.9 Å². The Hall–Kier alpha value is -3.57. The van der Waals surface area contributed by atoms with Crippen LogP contribution in [0.25, 0.3) is 6.08 Å². The summed E-state index contributed by atoms with van der Waals surface area (Å²) in [5, 5.41) is 13.1. The number of carbonyl (C=O) groups is 1. The lowest BCUT2D eigenvalue weighted by molar-refractivity contribution is -0.111. The Morgan fingerprint density at radius 3 is 2.45 bits per heavy atom. The molecule has 33 heavy (non-hydrogen) atoms. The van der Waals surface area contributed by atoms with E-state index in [0.717, 1.165) is 28.0 Å². The van der Waals surface area contributed by atoms with Gasteiger partial charge in [0.25, 0.3) is 0 Å². The first kappa shape index (κ1) is 24.1. The first-order chi connectivity index (χ1) is 15.7. The van der Waals surface area contributed by atoms with Crippen molar-refractivity contribution >= 4 is 23.4 Å². The zero-order valence-corrected chi connectivity index (χ0v) is 19.5. The van der Waals surface area contributed by atoms with Gasteiger partial charge >= 0.3 is 0 Å². The molecule has 0 bridgehead atoms. The third kappa shape index (κ3) is 7.22. The highest BCUT2D eigenvalue weighted by Gasteiger charge is 2.18. The molecule has 0 aliphatic heterocycles. The van der Waals surface area contributed by atoms with Crippen molar-refractivity contribution in [1.82, 2.24) is 0 Å². The van der Waals surface area contributed by atoms with Crippen molar-refractivity contribution in [2.75, 3.05) is 11.1 Å². The molecule has 0 radical (unpaired) electrons. The molecule has 1 amide bonds. The van der Waals surface area contributed by atoms with Crippen LogP contribution in [0.3, 0.4) is 0 Å². The highest BCUT2D eigenvalue weighted by atomic mass is 16.5. The number of nitrogen functional groups attached to an aromatic ring is 1. The number of para-hydroxylation sites is 2. The fourth-order valence-corrected chi connectivity index (χ4v) is 3.47. The molecule has 0 aromatic heterocycles. The number of aryl methyl sites for hydroxylation is 1. The lowest BCUT2D eigenvalue weighted by Crippen LogP contribution is -2.19. The smallest absolute Gasteiger partial charge is 0.248 e. The maximum absolute atomic E-state index is 12.5. The van der Waals surface area contributed by atoms with Gasteiger partial charge in [0.15, 0.2) is 0 Å². The van der Waals surface area contributed by atoms with Crippen LogP contribution in [0.4, 0.5) is 11.4 Å². The molecule has 0 saturated heterocycles. The van der Waals surface area contributed by atoms with Crippen LogP contribution in [0.15, 0.2) is 72.8 Å². The highest BCUT2D eigenvalue weighted by Crippen LogP contribution is 2.32. The molecule has 0 aliphatic rings. The molecule has 0 atom stereocenters. The van der Waals surface area contributed by atoms with Crippen molar-refractivity contribution in [2.45, 2.75) is 45.8 Å². The van der Waals surface area contributed by atoms with Gasteiger partial charge in [-0.2, -0.15) is 0 Å². The van der Waals surface area contributed by atoms with Gasteiger partial charge in [0.1, 0.15) is 12.4 Å². The average Bonchev–Trinajstić information content (AvgIpc) is 2.78. The number of nitrogens with one attached hydrogen (secondary N) is 1. The second-order valence-corrected chi connectivity index (χ2v) is 8.78. The molecular formula is C28H32N2O3. The molecular weight excluding hydrogens is 412 g/mol. The number of nitrogens with two attached hydrogens (primary N) is 1. The minimum Gasteiger partial charge on any atom is -0.488 e. The molecule has 3 aromatic carbocycles. The normalized spacial score (nSPS) is 11.5. The molecule has 3 rings (SSSR count). The highest BCUT2D eigenvalue weighted by molar-refractivity contribution is 6.03. The number of carbonyl (C=O) groups excluding carboxylic acids is 1. The van der Waals surface area contributed by atoms with Crippen molar-refractivity contribution < 1.29 is 14.6 Å². The van der Waals surface area contributed by atoms with Gasteiger partial charge in [0.05, 0.1) is 17.0 Å². The lowest BCUT2D eigenvalue weighted by Gasteiger charge is -2.21. The Morgan fingerprint density at radius 2 is 1.76 bits per heavy atom. The van der Waals surface area contributed by atoms with Crippen molar-refractivity contribution in [2.24, 2.45) is 0 Å². The van der Waals surface area contributed by atoms with Gasteiger partial charge in [0, 0.05) is 11.6 Å². The summed E-state index contributed by atoms with van der Waals surface area (Å²) in [6.45, 7) is 6.05. The minimum atomic E-state index is -0.787. The number of aliphatic hydroxyl groups is 1. The van der Waals surface area contributed by atoms with E-state index in [0.29, 0.717) is 30.8 Å². The first-order valence-electron chi connectivity index (χ1n) is 11.1. The van der Waals surface area contributed by atoms with Gasteiger partial charge in [-0.05, 0) is 68.5 Å². The van der Waals surface area contributed by atoms with E-state index in [2.05, 4.69) is 5.32 Å². The Balaban J connectivity index is 1.87. The van der Waals surface area contributed by atoms with Crippen LogP contribution in [0.1, 0.15) is 42.5 Å². The molecule has 172 valence electrons. The second-order valence-electron chi connectivity index (χ2n) is 8.78. The van der Waals surface area contributed by atoms with E-state index >= 15 is 0 Å². The number of hydrogen-bond donors (Lipinski definition) is 3. The summed E-state index contributed by atoms with van der Waals surface area (Å²) in [6, 6.07) is 21.1. The number of rotatable bonds is 9. The van der Waals surface area contributed by atoms with Gasteiger partial charge in [-0.1, -0.05) is 54.6 Å². The van der Waals surface area contributed by atoms with E-state index in [9.17, 15) is 9.90 Å². The van der Waals surface area contributed by atoms with Crippen LogP contribution in [0.5, 0.6) is 5.75 Å². The van der Waals surface area contributed by atoms with E-state index in [1.54, 1.807) is 32.1 Å². The standard InChI is InChI=1S/C28H32N2O3/c1-20-13-14-22(15-16-26(31)30-25-12-8-7-11-24(25)29)27(23(20)17-18-28(2,3)32)33-19-21-9-5-4-6-10-21/h4-16,32H,17-19,29H2,1-3H3,(H,30,31)/b16-15-. The van der Waals surface area contributed by atoms with Crippen LogP contribution < -0.4 is 15.8 Å². The summed E-state index contributed by atoms with van der Waals surface area (Å²) in [7, 11) is 0. The third-order valence-corrected chi connectivity index (χ3v) is 5.37. The monoisotopic (exact) mass is 444 g/mol. The number of benzene rings is 3. The van der Waals surface area contributed by atoms with E-state index in [1.165, 1.54) is 6.08 Å². The molecule has 3 aromatic rings. The van der Waals surface area contributed by atoms with Gasteiger partial charge in [0.2, 0.25) is 5.91 Å². The zero-order chi connectivity index (χ0) is 23.8. The summed E-state index contributed by atoms with van der Waals surface area (Å²) in [6.07, 6.45) is 4.48. The second kappa shape index (κ2) is 10.8. The number of anilines is 2. The Bertz CT molecular complexity index is 1120. The SMILES string of the molecule is Cc1ccc(/C=C\C(=O)Nc2ccccc2N)c(OCc2ccccc2)c1CCC(C)(C)O. The van der Waals surface area contributed by atoms with Crippen LogP contribution in [0.2, 0.25) is 0 Å². The Labute approximate surface area is 195 Å². The molecule has 0 saturated carbocycles.